The van der Waals surface area contributed by atoms with Crippen LogP contribution in [0, 0.1) is 0 Å². The van der Waals surface area contributed by atoms with Crippen LogP contribution in [0.1, 0.15) is 10.4 Å². The summed E-state index contributed by atoms with van der Waals surface area (Å²) < 4.78 is 6.00. The van der Waals surface area contributed by atoms with Gasteiger partial charge in [0, 0.05) is 20.2 Å². The van der Waals surface area contributed by atoms with Gasteiger partial charge in [0.1, 0.15) is 6.26 Å². The van der Waals surface area contributed by atoms with Gasteiger partial charge in [-0.05, 0) is 35.2 Å². The van der Waals surface area contributed by atoms with E-state index in [-0.39, 0.29) is 0 Å². The summed E-state index contributed by atoms with van der Waals surface area (Å²) in [5, 5.41) is 1.79. The minimum atomic E-state index is 0.424. The molecule has 3 rings (SSSR count). The zero-order valence-electron chi connectivity index (χ0n) is 11.0. The molecule has 0 amide bonds. The zero-order valence-corrected chi connectivity index (χ0v) is 12.5. The largest absolute Gasteiger partial charge is 0.436 e. The maximum Gasteiger partial charge on any atom is 0.297 e. The fourth-order valence-electron chi connectivity index (χ4n) is 2.13. The van der Waals surface area contributed by atoms with Gasteiger partial charge < -0.3 is 4.74 Å². The Hall–Kier alpha value is -2.10. The molecule has 0 aliphatic carbocycles. The smallest absolute Gasteiger partial charge is 0.297 e. The van der Waals surface area contributed by atoms with Gasteiger partial charge in [0.05, 0.1) is 0 Å². The van der Waals surface area contributed by atoms with Crippen molar-refractivity contribution in [1.82, 2.24) is 0 Å². The van der Waals surface area contributed by atoms with Crippen LogP contribution in [-0.4, -0.2) is 6.47 Å². The van der Waals surface area contributed by atoms with Gasteiger partial charge >= 0.3 is 0 Å². The zero-order chi connectivity index (χ0) is 14.7. The third kappa shape index (κ3) is 2.99. The van der Waals surface area contributed by atoms with Crippen LogP contribution in [0.3, 0.4) is 0 Å². The summed E-state index contributed by atoms with van der Waals surface area (Å²) in [4.78, 5) is 11.5. The van der Waals surface area contributed by atoms with E-state index in [9.17, 15) is 4.79 Å². The number of hydrogen-bond acceptors (Lipinski definition) is 3. The van der Waals surface area contributed by atoms with Gasteiger partial charge in [-0.25, -0.2) is 0 Å². The summed E-state index contributed by atoms with van der Waals surface area (Å²) in [7, 11) is 0. The predicted octanol–water partition coefficient (Wildman–Crippen LogP) is 5.12. The Labute approximate surface area is 131 Å². The lowest BCUT2D eigenvalue weighted by atomic mass is 10.1. The van der Waals surface area contributed by atoms with Crippen molar-refractivity contribution in [2.45, 2.75) is 0 Å². The Bertz CT molecular complexity index is 806. The van der Waals surface area contributed by atoms with E-state index in [2.05, 4.69) is 6.07 Å². The third-order valence-electron chi connectivity index (χ3n) is 3.07. The van der Waals surface area contributed by atoms with Crippen LogP contribution in [0.15, 0.2) is 60.9 Å². The molecule has 0 saturated carbocycles. The van der Waals surface area contributed by atoms with E-state index < -0.39 is 0 Å². The van der Waals surface area contributed by atoms with Crippen molar-refractivity contribution in [3.05, 3.63) is 76.3 Å². The molecule has 3 aromatic rings. The second-order valence-corrected chi connectivity index (χ2v) is 5.94. The molecule has 0 spiro atoms. The molecule has 1 aromatic heterocycles. The molecule has 0 fully saturated rings. The average molecular weight is 315 g/mol. The quantitative estimate of drug-likeness (QED) is 0.493. The van der Waals surface area contributed by atoms with Gasteiger partial charge in [0.15, 0.2) is 0 Å². The van der Waals surface area contributed by atoms with E-state index in [1.54, 1.807) is 11.3 Å². The minimum absolute atomic E-state index is 0.424. The van der Waals surface area contributed by atoms with Gasteiger partial charge in [0.25, 0.3) is 6.47 Å². The number of ether oxygens (including phenoxy) is 1. The van der Waals surface area contributed by atoms with Gasteiger partial charge in [-0.1, -0.05) is 41.9 Å². The first-order valence-electron chi connectivity index (χ1n) is 6.32. The molecule has 0 aliphatic rings. The van der Waals surface area contributed by atoms with Crippen molar-refractivity contribution in [3.63, 3.8) is 0 Å². The molecule has 1 heterocycles. The fraction of sp³-hybridized carbons (Fsp3) is 0. The maximum absolute atomic E-state index is 10.5. The Morgan fingerprint density at radius 2 is 1.90 bits per heavy atom. The van der Waals surface area contributed by atoms with Crippen LogP contribution in [0.5, 0.6) is 0 Å². The summed E-state index contributed by atoms with van der Waals surface area (Å²) in [5.74, 6) is 0. The third-order valence-corrected chi connectivity index (χ3v) is 4.45. The molecule has 0 radical (unpaired) electrons. The van der Waals surface area contributed by atoms with E-state index in [4.69, 9.17) is 16.3 Å². The normalized spacial score (nSPS) is 11.6. The van der Waals surface area contributed by atoms with E-state index in [1.165, 1.54) is 6.26 Å². The molecule has 0 N–H and O–H groups in total. The highest BCUT2D eigenvalue weighted by atomic mass is 35.5. The Morgan fingerprint density at radius 3 is 2.67 bits per heavy atom. The number of rotatable bonds is 4. The first-order chi connectivity index (χ1) is 10.3. The lowest BCUT2D eigenvalue weighted by Crippen LogP contribution is -1.86. The van der Waals surface area contributed by atoms with Gasteiger partial charge in [-0.15, -0.1) is 11.3 Å². The monoisotopic (exact) mass is 314 g/mol. The van der Waals surface area contributed by atoms with E-state index in [0.717, 1.165) is 26.1 Å². The SMILES string of the molecule is O=COC=C(c1ccccc1)c1cc2cc(Cl)ccc2s1. The van der Waals surface area contributed by atoms with Crippen LogP contribution >= 0.6 is 22.9 Å². The molecular weight excluding hydrogens is 304 g/mol. The number of halogens is 1. The molecule has 0 saturated heterocycles. The Balaban J connectivity index is 2.12. The number of thiophene rings is 1. The number of benzene rings is 2. The second-order valence-electron chi connectivity index (χ2n) is 4.42. The number of carbonyl (C=O) groups is 1. The van der Waals surface area contributed by atoms with E-state index >= 15 is 0 Å². The lowest BCUT2D eigenvalue weighted by molar-refractivity contribution is -0.123. The van der Waals surface area contributed by atoms with Crippen molar-refractivity contribution in [2.75, 3.05) is 0 Å². The molecule has 0 unspecified atom stereocenters. The van der Waals surface area contributed by atoms with Crippen molar-refractivity contribution in [1.29, 1.82) is 0 Å². The summed E-state index contributed by atoms with van der Waals surface area (Å²) in [6, 6.07) is 17.7. The standard InChI is InChI=1S/C17H11ClO2S/c18-14-6-7-16-13(8-14)9-17(21-16)15(10-20-11-19)12-4-2-1-3-5-12/h1-11H. The summed E-state index contributed by atoms with van der Waals surface area (Å²) in [5.41, 5.74) is 1.87. The molecule has 4 heteroatoms. The van der Waals surface area contributed by atoms with Crippen LogP contribution in [-0.2, 0) is 9.53 Å². The summed E-state index contributed by atoms with van der Waals surface area (Å²) in [6.07, 6.45) is 1.48. The fourth-order valence-corrected chi connectivity index (χ4v) is 3.38. The van der Waals surface area contributed by atoms with Crippen molar-refractivity contribution < 1.29 is 9.53 Å². The van der Waals surface area contributed by atoms with Gasteiger partial charge in [0.2, 0.25) is 0 Å². The Kier molecular flexibility index (Phi) is 4.04. The Morgan fingerprint density at radius 1 is 1.10 bits per heavy atom. The van der Waals surface area contributed by atoms with Crippen molar-refractivity contribution in [3.8, 4) is 0 Å². The highest BCUT2D eigenvalue weighted by Crippen LogP contribution is 2.35. The molecule has 0 bridgehead atoms. The van der Waals surface area contributed by atoms with Crippen LogP contribution in [0.2, 0.25) is 5.02 Å². The van der Waals surface area contributed by atoms with Crippen LogP contribution < -0.4 is 0 Å². The highest BCUT2D eigenvalue weighted by Gasteiger charge is 2.10. The van der Waals surface area contributed by atoms with Crippen LogP contribution in [0.25, 0.3) is 15.7 Å². The summed E-state index contributed by atoms with van der Waals surface area (Å²) >= 11 is 7.66. The summed E-state index contributed by atoms with van der Waals surface area (Å²) in [6.45, 7) is 0.424. The first-order valence-corrected chi connectivity index (χ1v) is 7.51. The second kappa shape index (κ2) is 6.12. The van der Waals surface area contributed by atoms with Crippen molar-refractivity contribution in [2.24, 2.45) is 0 Å². The van der Waals surface area contributed by atoms with E-state index in [0.29, 0.717) is 11.5 Å². The van der Waals surface area contributed by atoms with Gasteiger partial charge in [-0.3, -0.25) is 4.79 Å². The molecular formula is C17H11ClO2S. The molecule has 0 aliphatic heterocycles. The molecule has 0 atom stereocenters. The number of hydrogen-bond donors (Lipinski definition) is 0. The minimum Gasteiger partial charge on any atom is -0.436 e. The van der Waals surface area contributed by atoms with Crippen molar-refractivity contribution >= 4 is 45.1 Å². The first kappa shape index (κ1) is 13.9. The topological polar surface area (TPSA) is 26.3 Å². The highest BCUT2D eigenvalue weighted by molar-refractivity contribution is 7.20. The van der Waals surface area contributed by atoms with E-state index in [1.807, 2.05) is 48.5 Å². The lowest BCUT2D eigenvalue weighted by Gasteiger charge is -2.04. The molecule has 2 nitrogen and oxygen atoms in total. The average Bonchev–Trinajstić information content (AvgIpc) is 2.91. The number of carbonyl (C=O) groups excluding carboxylic acids is 1. The molecule has 2 aromatic carbocycles. The van der Waals surface area contributed by atoms with Gasteiger partial charge in [-0.2, -0.15) is 0 Å². The number of fused-ring (bicyclic) bond motifs is 1. The maximum atomic E-state index is 10.5. The molecule has 21 heavy (non-hydrogen) atoms. The predicted molar refractivity (Wildman–Crippen MR) is 87.5 cm³/mol. The van der Waals surface area contributed by atoms with Crippen LogP contribution in [0.4, 0.5) is 0 Å². The molecule has 104 valence electrons.